The van der Waals surface area contributed by atoms with E-state index in [4.69, 9.17) is 39.4 Å². The minimum atomic E-state index is -0.639. The van der Waals surface area contributed by atoms with Gasteiger partial charge in [0.05, 0.1) is 10.7 Å². The molecule has 3 heterocycles. The van der Waals surface area contributed by atoms with Crippen LogP contribution in [0, 0.1) is 5.82 Å². The summed E-state index contributed by atoms with van der Waals surface area (Å²) < 4.78 is 21.8. The van der Waals surface area contributed by atoms with Crippen molar-refractivity contribution < 1.29 is 9.13 Å². The maximum absolute atomic E-state index is 13.8. The highest BCUT2D eigenvalue weighted by Gasteiger charge is 2.23. The van der Waals surface area contributed by atoms with Gasteiger partial charge in [0.2, 0.25) is 0 Å². The van der Waals surface area contributed by atoms with E-state index >= 15 is 0 Å². The number of nitrogens with zero attached hydrogens (tertiary/aromatic N) is 3. The molecule has 0 fully saturated rings. The first-order valence-corrected chi connectivity index (χ1v) is 9.46. The van der Waals surface area contributed by atoms with E-state index in [1.807, 2.05) is 10.8 Å². The molecule has 4 N–H and O–H groups in total. The summed E-state index contributed by atoms with van der Waals surface area (Å²) in [7, 11) is 0. The molecule has 4 rings (SSSR count). The van der Waals surface area contributed by atoms with Crippen LogP contribution in [0.15, 0.2) is 30.6 Å². The molecule has 1 unspecified atom stereocenters. The molecule has 146 valence electrons. The van der Waals surface area contributed by atoms with Gasteiger partial charge in [0.1, 0.15) is 17.7 Å². The van der Waals surface area contributed by atoms with Crippen LogP contribution in [0.2, 0.25) is 10.0 Å². The Balaban J connectivity index is 1.63. The Hall–Kier alpha value is -2.35. The molecule has 0 saturated heterocycles. The van der Waals surface area contributed by atoms with Gasteiger partial charge in [-0.25, -0.2) is 14.4 Å². The fourth-order valence-electron chi connectivity index (χ4n) is 3.32. The van der Waals surface area contributed by atoms with E-state index in [9.17, 15) is 4.39 Å². The number of hydrogen-bond acceptors (Lipinski definition) is 5. The fraction of sp³-hybridized carbons (Fsp3) is 0.263. The Kier molecular flexibility index (Phi) is 4.91. The number of aromatic nitrogens is 3. The number of hydrogen-bond donors (Lipinski definition) is 2. The van der Waals surface area contributed by atoms with Gasteiger partial charge in [-0.05, 0) is 25.1 Å². The summed E-state index contributed by atoms with van der Waals surface area (Å²) in [5, 5.41) is 0.230. The highest BCUT2D eigenvalue weighted by atomic mass is 35.5. The SMILES string of the molecule is C[C@@H](Oc1cc(-c2cn3c(n2)CC(N)C3)cnc1N)c1c(Cl)ccc(F)c1Cl. The van der Waals surface area contributed by atoms with E-state index in [0.29, 0.717) is 16.3 Å². The Morgan fingerprint density at radius 1 is 1.36 bits per heavy atom. The van der Waals surface area contributed by atoms with Crippen LogP contribution in [0.25, 0.3) is 11.3 Å². The molecule has 3 aromatic rings. The summed E-state index contributed by atoms with van der Waals surface area (Å²) in [5.41, 5.74) is 13.8. The van der Waals surface area contributed by atoms with Gasteiger partial charge < -0.3 is 20.8 Å². The van der Waals surface area contributed by atoms with Gasteiger partial charge >= 0.3 is 0 Å². The first-order chi connectivity index (χ1) is 13.3. The first-order valence-electron chi connectivity index (χ1n) is 8.71. The second kappa shape index (κ2) is 7.24. The third kappa shape index (κ3) is 3.41. The van der Waals surface area contributed by atoms with Crippen molar-refractivity contribution in [3.8, 4) is 17.0 Å². The number of nitrogen functional groups attached to an aromatic ring is 1. The third-order valence-electron chi connectivity index (χ3n) is 4.70. The molecular formula is C19H18Cl2FN5O. The van der Waals surface area contributed by atoms with Crippen LogP contribution in [0.4, 0.5) is 10.2 Å². The van der Waals surface area contributed by atoms with Gasteiger partial charge in [0.25, 0.3) is 0 Å². The van der Waals surface area contributed by atoms with Crippen LogP contribution in [-0.2, 0) is 13.0 Å². The predicted octanol–water partition coefficient (Wildman–Crippen LogP) is 4.00. The molecule has 6 nitrogen and oxygen atoms in total. The van der Waals surface area contributed by atoms with E-state index in [-0.39, 0.29) is 16.9 Å². The van der Waals surface area contributed by atoms with Crippen LogP contribution in [0.3, 0.4) is 0 Å². The zero-order chi connectivity index (χ0) is 20.0. The maximum Gasteiger partial charge on any atom is 0.166 e. The topological polar surface area (TPSA) is 92.0 Å². The van der Waals surface area contributed by atoms with Crippen molar-refractivity contribution in [2.75, 3.05) is 5.73 Å². The van der Waals surface area contributed by atoms with Crippen molar-refractivity contribution in [3.05, 3.63) is 57.8 Å². The van der Waals surface area contributed by atoms with Crippen LogP contribution >= 0.6 is 23.2 Å². The number of halogens is 3. The number of fused-ring (bicyclic) bond motifs is 1. The highest BCUT2D eigenvalue weighted by Crippen LogP contribution is 2.37. The van der Waals surface area contributed by atoms with E-state index in [1.165, 1.54) is 12.1 Å². The number of pyridine rings is 1. The Bertz CT molecular complexity index is 1030. The van der Waals surface area contributed by atoms with Crippen molar-refractivity contribution in [2.24, 2.45) is 5.73 Å². The summed E-state index contributed by atoms with van der Waals surface area (Å²) in [6, 6.07) is 4.49. The zero-order valence-corrected chi connectivity index (χ0v) is 16.5. The normalized spacial score (nSPS) is 16.8. The van der Waals surface area contributed by atoms with Crippen LogP contribution < -0.4 is 16.2 Å². The molecular weight excluding hydrogens is 404 g/mol. The lowest BCUT2D eigenvalue weighted by Gasteiger charge is -2.19. The molecule has 0 radical (unpaired) electrons. The largest absolute Gasteiger partial charge is 0.482 e. The summed E-state index contributed by atoms with van der Waals surface area (Å²) >= 11 is 12.3. The van der Waals surface area contributed by atoms with E-state index in [1.54, 1.807) is 19.2 Å². The van der Waals surface area contributed by atoms with Gasteiger partial charge in [-0.1, -0.05) is 23.2 Å². The van der Waals surface area contributed by atoms with E-state index in [2.05, 4.69) is 9.97 Å². The van der Waals surface area contributed by atoms with Crippen molar-refractivity contribution in [1.29, 1.82) is 0 Å². The Morgan fingerprint density at radius 3 is 2.89 bits per heavy atom. The van der Waals surface area contributed by atoms with Crippen LogP contribution in [0.5, 0.6) is 5.75 Å². The van der Waals surface area contributed by atoms with Gasteiger partial charge in [-0.3, -0.25) is 0 Å². The predicted molar refractivity (Wildman–Crippen MR) is 107 cm³/mol. The molecule has 1 aliphatic heterocycles. The molecule has 1 aliphatic rings. The number of benzene rings is 1. The van der Waals surface area contributed by atoms with Crippen molar-refractivity contribution in [2.45, 2.75) is 32.0 Å². The molecule has 9 heteroatoms. The molecule has 2 aromatic heterocycles. The van der Waals surface area contributed by atoms with E-state index in [0.717, 1.165) is 30.0 Å². The van der Waals surface area contributed by atoms with E-state index < -0.39 is 11.9 Å². The standard InChI is InChI=1S/C19H18Cl2FN5O/c1-9(17-12(20)2-3-13(22)18(17)21)28-15-4-10(6-25-19(15)24)14-8-27-7-11(23)5-16(27)26-14/h2-4,6,8-9,11H,5,7,23H2,1H3,(H2,24,25)/t9-,11?/m1/s1. The Morgan fingerprint density at radius 2 is 2.14 bits per heavy atom. The monoisotopic (exact) mass is 421 g/mol. The van der Waals surface area contributed by atoms with Gasteiger partial charge in [0.15, 0.2) is 11.6 Å². The molecule has 0 amide bonds. The molecule has 1 aromatic carbocycles. The average Bonchev–Trinajstić information content (AvgIpc) is 3.18. The smallest absolute Gasteiger partial charge is 0.166 e. The van der Waals surface area contributed by atoms with Crippen molar-refractivity contribution in [1.82, 2.24) is 14.5 Å². The molecule has 0 aliphatic carbocycles. The number of ether oxygens (including phenoxy) is 1. The van der Waals surface area contributed by atoms with Crippen LogP contribution in [0.1, 0.15) is 24.4 Å². The van der Waals surface area contributed by atoms with Crippen LogP contribution in [-0.4, -0.2) is 20.6 Å². The molecule has 28 heavy (non-hydrogen) atoms. The number of imidazole rings is 1. The lowest BCUT2D eigenvalue weighted by atomic mass is 10.1. The molecule has 2 atom stereocenters. The van der Waals surface area contributed by atoms with Crippen molar-refractivity contribution >= 4 is 29.0 Å². The number of rotatable bonds is 4. The minimum absolute atomic E-state index is 0.0791. The lowest BCUT2D eigenvalue weighted by molar-refractivity contribution is 0.227. The van der Waals surface area contributed by atoms with Crippen molar-refractivity contribution in [3.63, 3.8) is 0 Å². The zero-order valence-electron chi connectivity index (χ0n) is 15.0. The number of nitrogens with two attached hydrogens (primary N) is 2. The second-order valence-corrected chi connectivity index (χ2v) is 7.57. The van der Waals surface area contributed by atoms with Gasteiger partial charge in [-0.2, -0.15) is 0 Å². The average molecular weight is 422 g/mol. The van der Waals surface area contributed by atoms with Gasteiger partial charge in [0, 0.05) is 47.6 Å². The lowest BCUT2D eigenvalue weighted by Crippen LogP contribution is -2.20. The quantitative estimate of drug-likeness (QED) is 0.621. The summed E-state index contributed by atoms with van der Waals surface area (Å²) in [5.74, 6) is 0.912. The third-order valence-corrected chi connectivity index (χ3v) is 5.42. The van der Waals surface area contributed by atoms with Gasteiger partial charge in [-0.15, -0.1) is 0 Å². The minimum Gasteiger partial charge on any atom is -0.482 e. The number of anilines is 1. The summed E-state index contributed by atoms with van der Waals surface area (Å²) in [4.78, 5) is 8.82. The summed E-state index contributed by atoms with van der Waals surface area (Å²) in [6.07, 6.45) is 3.66. The maximum atomic E-state index is 13.8. The molecule has 0 spiro atoms. The fourth-order valence-corrected chi connectivity index (χ4v) is 4.00. The molecule has 0 saturated carbocycles. The first kappa shape index (κ1) is 19.0. The molecule has 0 bridgehead atoms. The Labute approximate surface area is 171 Å². The summed E-state index contributed by atoms with van der Waals surface area (Å²) in [6.45, 7) is 2.45. The highest BCUT2D eigenvalue weighted by molar-refractivity contribution is 6.36. The second-order valence-electron chi connectivity index (χ2n) is 6.78.